The highest BCUT2D eigenvalue weighted by Gasteiger charge is 2.25. The third-order valence-electron chi connectivity index (χ3n) is 4.11. The van der Waals surface area contributed by atoms with Crippen molar-refractivity contribution in [1.82, 2.24) is 9.55 Å². The predicted octanol–water partition coefficient (Wildman–Crippen LogP) is 5.28. The Morgan fingerprint density at radius 2 is 2.00 bits per heavy atom. The number of nitrogens with zero attached hydrogens (tertiary/aromatic N) is 3. The average molecular weight is 409 g/mol. The Hall–Kier alpha value is -3.34. The average Bonchev–Trinajstić information content (AvgIpc) is 3.41. The highest BCUT2D eigenvalue weighted by Crippen LogP contribution is 2.29. The van der Waals surface area contributed by atoms with E-state index in [0.29, 0.717) is 21.8 Å². The molecule has 0 unspecified atom stereocenters. The van der Waals surface area contributed by atoms with Gasteiger partial charge in [-0.3, -0.25) is 14.7 Å². The second kappa shape index (κ2) is 7.35. The monoisotopic (exact) mass is 408 g/mol. The molecule has 0 fully saturated rings. The normalized spacial score (nSPS) is 10.6. The molecule has 28 heavy (non-hydrogen) atoms. The molecule has 0 atom stereocenters. The van der Waals surface area contributed by atoms with Crippen LogP contribution in [-0.2, 0) is 0 Å². The number of carbonyl (C=O) groups excluding carboxylic acids is 1. The van der Waals surface area contributed by atoms with Crippen molar-refractivity contribution in [2.75, 3.05) is 5.32 Å². The number of hydrogen-bond acceptors (Lipinski definition) is 5. The van der Waals surface area contributed by atoms with Gasteiger partial charge < -0.3 is 4.42 Å². The third kappa shape index (κ3) is 3.31. The van der Waals surface area contributed by atoms with E-state index >= 15 is 0 Å². The molecule has 0 aliphatic heterocycles. The van der Waals surface area contributed by atoms with Gasteiger partial charge >= 0.3 is 0 Å². The summed E-state index contributed by atoms with van der Waals surface area (Å²) in [4.78, 5) is 17.2. The Morgan fingerprint density at radius 1 is 1.29 bits per heavy atom. The van der Waals surface area contributed by atoms with Crippen LogP contribution in [0, 0.1) is 18.3 Å². The molecule has 0 radical (unpaired) electrons. The van der Waals surface area contributed by atoms with Crippen LogP contribution in [0.1, 0.15) is 21.7 Å². The van der Waals surface area contributed by atoms with Crippen LogP contribution < -0.4 is 5.32 Å². The number of amides is 1. The first-order chi connectivity index (χ1) is 13.6. The smallest absolute Gasteiger partial charge is 0.262 e. The molecule has 6 nitrogen and oxygen atoms in total. The van der Waals surface area contributed by atoms with Crippen molar-refractivity contribution in [2.24, 2.45) is 0 Å². The molecule has 3 aromatic heterocycles. The summed E-state index contributed by atoms with van der Waals surface area (Å²) in [5.41, 5.74) is 2.01. The van der Waals surface area contributed by atoms with E-state index in [1.165, 1.54) is 11.3 Å². The number of aromatic nitrogens is 2. The summed E-state index contributed by atoms with van der Waals surface area (Å²) in [5, 5.41) is 15.3. The van der Waals surface area contributed by atoms with Crippen molar-refractivity contribution in [1.29, 1.82) is 5.26 Å². The minimum atomic E-state index is -0.437. The molecule has 0 bridgehead atoms. The van der Waals surface area contributed by atoms with Gasteiger partial charge in [0.05, 0.1) is 5.69 Å². The van der Waals surface area contributed by atoms with Crippen LogP contribution >= 0.6 is 22.9 Å². The zero-order chi connectivity index (χ0) is 19.7. The quantitative estimate of drug-likeness (QED) is 0.498. The number of aryl methyl sites for hydroxylation is 1. The number of nitriles is 1. The molecule has 8 heteroatoms. The van der Waals surface area contributed by atoms with E-state index in [1.54, 1.807) is 36.0 Å². The molecule has 0 saturated heterocycles. The van der Waals surface area contributed by atoms with Crippen molar-refractivity contribution in [3.63, 3.8) is 0 Å². The van der Waals surface area contributed by atoms with E-state index in [1.807, 2.05) is 29.6 Å². The summed E-state index contributed by atoms with van der Waals surface area (Å²) in [6, 6.07) is 13.0. The first kappa shape index (κ1) is 18.0. The first-order valence-electron chi connectivity index (χ1n) is 8.26. The van der Waals surface area contributed by atoms with Crippen LogP contribution in [0.15, 0.2) is 58.6 Å². The molecular formula is C20H13ClN4O2S. The fourth-order valence-corrected chi connectivity index (χ4v) is 3.64. The fourth-order valence-electron chi connectivity index (χ4n) is 2.80. The molecule has 0 saturated carbocycles. The Balaban J connectivity index is 1.61. The summed E-state index contributed by atoms with van der Waals surface area (Å²) in [7, 11) is 0. The van der Waals surface area contributed by atoms with E-state index in [4.69, 9.17) is 16.0 Å². The van der Waals surface area contributed by atoms with Gasteiger partial charge in [-0.15, -0.1) is 11.3 Å². The molecule has 0 aliphatic rings. The lowest BCUT2D eigenvalue weighted by atomic mass is 10.1. The summed E-state index contributed by atoms with van der Waals surface area (Å²) in [6.45, 7) is 1.66. The van der Waals surface area contributed by atoms with Gasteiger partial charge in [0.2, 0.25) is 5.88 Å². The molecule has 4 rings (SSSR count). The topological polar surface area (TPSA) is 83.8 Å². The van der Waals surface area contributed by atoms with Gasteiger partial charge in [0.1, 0.15) is 23.0 Å². The van der Waals surface area contributed by atoms with Gasteiger partial charge in [-0.1, -0.05) is 23.7 Å². The number of nitrogens with one attached hydrogen (secondary N) is 1. The molecule has 0 spiro atoms. The van der Waals surface area contributed by atoms with Crippen LogP contribution in [0.25, 0.3) is 17.1 Å². The Kier molecular flexibility index (Phi) is 4.74. The molecule has 0 aliphatic carbocycles. The van der Waals surface area contributed by atoms with Gasteiger partial charge in [0.25, 0.3) is 5.91 Å². The van der Waals surface area contributed by atoms with Crippen LogP contribution in [0.3, 0.4) is 0 Å². The molecule has 1 amide bonds. The second-order valence-electron chi connectivity index (χ2n) is 5.91. The number of carbonyl (C=O) groups is 1. The van der Waals surface area contributed by atoms with E-state index in [-0.39, 0.29) is 11.1 Å². The molecular weight excluding hydrogens is 396 g/mol. The summed E-state index contributed by atoms with van der Waals surface area (Å²) >= 11 is 7.21. The van der Waals surface area contributed by atoms with E-state index in [2.05, 4.69) is 16.4 Å². The zero-order valence-corrected chi connectivity index (χ0v) is 16.2. The van der Waals surface area contributed by atoms with Gasteiger partial charge in [-0.2, -0.15) is 5.26 Å². The maximum Gasteiger partial charge on any atom is 0.262 e. The van der Waals surface area contributed by atoms with E-state index < -0.39 is 5.91 Å². The number of hydrogen-bond donors (Lipinski definition) is 1. The fraction of sp³-hybridized carbons (Fsp3) is 0.0500. The number of benzene rings is 1. The lowest BCUT2D eigenvalue weighted by Gasteiger charge is -2.01. The lowest BCUT2D eigenvalue weighted by Crippen LogP contribution is -2.13. The van der Waals surface area contributed by atoms with Gasteiger partial charge in [-0.25, -0.2) is 4.98 Å². The SMILES string of the molecule is Cc1oc(-n2cccc2)c(C#N)c1C(=O)Nc1nc(-c2ccc(Cl)cc2)cs1. The summed E-state index contributed by atoms with van der Waals surface area (Å²) in [5.74, 6) is 0.247. The van der Waals surface area contributed by atoms with E-state index in [9.17, 15) is 10.1 Å². The van der Waals surface area contributed by atoms with Crippen molar-refractivity contribution >= 4 is 34.0 Å². The highest BCUT2D eigenvalue weighted by molar-refractivity contribution is 7.14. The van der Waals surface area contributed by atoms with Gasteiger partial charge in [0, 0.05) is 28.4 Å². The van der Waals surface area contributed by atoms with Crippen molar-refractivity contribution in [3.8, 4) is 23.2 Å². The number of thiazole rings is 1. The maximum absolute atomic E-state index is 12.8. The zero-order valence-electron chi connectivity index (χ0n) is 14.6. The minimum Gasteiger partial charge on any atom is -0.443 e. The van der Waals surface area contributed by atoms with Crippen molar-refractivity contribution < 1.29 is 9.21 Å². The third-order valence-corrected chi connectivity index (χ3v) is 5.12. The Morgan fingerprint density at radius 3 is 2.68 bits per heavy atom. The predicted molar refractivity (Wildman–Crippen MR) is 108 cm³/mol. The van der Waals surface area contributed by atoms with Gasteiger partial charge in [-0.05, 0) is 31.2 Å². The summed E-state index contributed by atoms with van der Waals surface area (Å²) in [6.07, 6.45) is 3.50. The summed E-state index contributed by atoms with van der Waals surface area (Å²) < 4.78 is 7.33. The standard InChI is InChI=1S/C20H13ClN4O2S/c1-12-17(15(10-22)19(27-12)25-8-2-3-9-25)18(26)24-20-23-16(11-28-20)13-4-6-14(21)7-5-13/h2-9,11H,1H3,(H,23,24,26). The number of rotatable bonds is 4. The van der Waals surface area contributed by atoms with Crippen LogP contribution in [-0.4, -0.2) is 15.5 Å². The van der Waals surface area contributed by atoms with Crippen LogP contribution in [0.4, 0.5) is 5.13 Å². The van der Waals surface area contributed by atoms with Crippen LogP contribution in [0.2, 0.25) is 5.02 Å². The Bertz CT molecular complexity index is 1180. The highest BCUT2D eigenvalue weighted by atomic mass is 35.5. The maximum atomic E-state index is 12.8. The minimum absolute atomic E-state index is 0.181. The molecule has 4 aromatic rings. The lowest BCUT2D eigenvalue weighted by molar-refractivity contribution is 0.102. The number of anilines is 1. The Labute approximate surface area is 169 Å². The molecule has 1 N–H and O–H groups in total. The first-order valence-corrected chi connectivity index (χ1v) is 9.52. The molecule has 3 heterocycles. The van der Waals surface area contributed by atoms with Gasteiger partial charge in [0.15, 0.2) is 5.13 Å². The molecule has 138 valence electrons. The van der Waals surface area contributed by atoms with Crippen molar-refractivity contribution in [3.05, 3.63) is 76.1 Å². The number of halogens is 1. The van der Waals surface area contributed by atoms with Crippen molar-refractivity contribution in [2.45, 2.75) is 6.92 Å². The second-order valence-corrected chi connectivity index (χ2v) is 7.21. The number of furan rings is 1. The van der Waals surface area contributed by atoms with Crippen LogP contribution in [0.5, 0.6) is 0 Å². The van der Waals surface area contributed by atoms with E-state index in [0.717, 1.165) is 11.3 Å². The molecule has 1 aromatic carbocycles. The largest absolute Gasteiger partial charge is 0.443 e.